The number of nitro groups is 1. The number of nitrogens with two attached hydrogens (primary N) is 1. The van der Waals surface area contributed by atoms with E-state index in [0.717, 1.165) is 11.7 Å². The van der Waals surface area contributed by atoms with Crippen molar-refractivity contribution < 1.29 is 19.2 Å². The van der Waals surface area contributed by atoms with Crippen molar-refractivity contribution in [3.05, 3.63) is 44.2 Å². The maximum atomic E-state index is 12.1. The molecule has 25 heavy (non-hydrogen) atoms. The average molecular weight is 409 g/mol. The van der Waals surface area contributed by atoms with E-state index >= 15 is 0 Å². The van der Waals surface area contributed by atoms with Crippen LogP contribution in [0.25, 0.3) is 5.69 Å². The molecule has 0 aliphatic heterocycles. The van der Waals surface area contributed by atoms with Gasteiger partial charge in [0.05, 0.1) is 34.4 Å². The lowest BCUT2D eigenvalue weighted by Gasteiger charge is -2.12. The summed E-state index contributed by atoms with van der Waals surface area (Å²) in [6.45, 7) is 2.09. The highest BCUT2D eigenvalue weighted by Crippen LogP contribution is 2.37. The van der Waals surface area contributed by atoms with Crippen LogP contribution in [0.5, 0.6) is 5.75 Å². The predicted molar refractivity (Wildman–Crippen MR) is 91.8 cm³/mol. The third-order valence-corrected chi connectivity index (χ3v) is 3.95. The number of carbonyl (C=O) groups excluding carboxylic acids is 1. The lowest BCUT2D eigenvalue weighted by atomic mass is 10.2. The number of hydrogen-bond donors (Lipinski definition) is 1. The molecule has 0 unspecified atom stereocenters. The number of nitriles is 1. The van der Waals surface area contributed by atoms with E-state index in [1.54, 1.807) is 6.92 Å². The van der Waals surface area contributed by atoms with Crippen molar-refractivity contribution in [1.29, 1.82) is 5.26 Å². The molecule has 2 N–H and O–H groups in total. The fourth-order valence-electron chi connectivity index (χ4n) is 2.24. The summed E-state index contributed by atoms with van der Waals surface area (Å²) in [6, 6.07) is 4.48. The Kier molecular flexibility index (Phi) is 5.29. The van der Waals surface area contributed by atoms with Crippen molar-refractivity contribution >= 4 is 33.3 Å². The molecule has 0 saturated heterocycles. The molecule has 0 atom stereocenters. The van der Waals surface area contributed by atoms with Gasteiger partial charge in [-0.1, -0.05) is 0 Å². The zero-order valence-corrected chi connectivity index (χ0v) is 14.9. The van der Waals surface area contributed by atoms with Crippen molar-refractivity contribution in [2.75, 3.05) is 19.5 Å². The smallest absolute Gasteiger partial charge is 0.357 e. The number of nitrogens with zero attached hydrogens (tertiary/aromatic N) is 3. The Bertz CT molecular complexity index is 900. The molecule has 10 heteroatoms. The molecule has 1 heterocycles. The second-order valence-corrected chi connectivity index (χ2v) is 5.59. The summed E-state index contributed by atoms with van der Waals surface area (Å²) in [5.41, 5.74) is 5.24. The molecule has 0 bridgehead atoms. The van der Waals surface area contributed by atoms with Gasteiger partial charge in [-0.3, -0.25) is 10.1 Å². The molecule has 0 spiro atoms. The van der Waals surface area contributed by atoms with Gasteiger partial charge in [-0.15, -0.1) is 0 Å². The van der Waals surface area contributed by atoms with Crippen LogP contribution in [0.4, 0.5) is 11.4 Å². The van der Waals surface area contributed by atoms with Crippen molar-refractivity contribution in [3.63, 3.8) is 0 Å². The van der Waals surface area contributed by atoms with Gasteiger partial charge in [-0.05, 0) is 22.9 Å². The van der Waals surface area contributed by atoms with Crippen LogP contribution in [-0.4, -0.2) is 29.2 Å². The Morgan fingerprint density at radius 3 is 2.72 bits per heavy atom. The fourth-order valence-corrected chi connectivity index (χ4v) is 2.69. The van der Waals surface area contributed by atoms with E-state index in [4.69, 9.17) is 15.7 Å². The minimum absolute atomic E-state index is 0.00410. The van der Waals surface area contributed by atoms with Crippen LogP contribution >= 0.6 is 15.9 Å². The quantitative estimate of drug-likeness (QED) is 0.456. The average Bonchev–Trinajstić information content (AvgIpc) is 2.92. The van der Waals surface area contributed by atoms with Crippen LogP contribution < -0.4 is 10.5 Å². The molecule has 1 aromatic heterocycles. The fraction of sp³-hybridized carbons (Fsp3) is 0.200. The number of nitro benzene ring substituents is 1. The van der Waals surface area contributed by atoms with Crippen molar-refractivity contribution in [3.8, 4) is 17.5 Å². The monoisotopic (exact) mass is 408 g/mol. The van der Waals surface area contributed by atoms with Crippen LogP contribution in [0.3, 0.4) is 0 Å². The first-order chi connectivity index (χ1) is 11.8. The summed E-state index contributed by atoms with van der Waals surface area (Å²) >= 11 is 3.21. The highest BCUT2D eigenvalue weighted by molar-refractivity contribution is 9.10. The first-order valence-electron chi connectivity index (χ1n) is 6.96. The topological polar surface area (TPSA) is 133 Å². The highest BCUT2D eigenvalue weighted by atomic mass is 79.9. The number of hydrogen-bond acceptors (Lipinski definition) is 7. The van der Waals surface area contributed by atoms with Gasteiger partial charge in [0.25, 0.3) is 5.69 Å². The molecule has 1 aromatic carbocycles. The van der Waals surface area contributed by atoms with Gasteiger partial charge >= 0.3 is 5.97 Å². The number of carbonyl (C=O) groups is 1. The second kappa shape index (κ2) is 7.23. The Labute approximate surface area is 150 Å². The number of aromatic nitrogens is 1. The summed E-state index contributed by atoms with van der Waals surface area (Å²) < 4.78 is 11.6. The van der Waals surface area contributed by atoms with Gasteiger partial charge in [-0.2, -0.15) is 5.26 Å². The van der Waals surface area contributed by atoms with Gasteiger partial charge in [-0.25, -0.2) is 4.79 Å². The third-order valence-electron chi connectivity index (χ3n) is 3.33. The Balaban J connectivity index is 2.85. The zero-order valence-electron chi connectivity index (χ0n) is 13.3. The van der Waals surface area contributed by atoms with E-state index < -0.39 is 10.9 Å². The summed E-state index contributed by atoms with van der Waals surface area (Å²) in [7, 11) is 1.15. The predicted octanol–water partition coefficient (Wildman–Crippen LogP) is 2.79. The number of nitrogen functional groups attached to an aromatic ring is 1. The molecular formula is C15H13BrN4O5. The molecule has 0 saturated carbocycles. The standard InChI is InChI=1S/C15H13BrN4O5/c1-3-25-12-5-10(11(20(22)23)4-9(12)16)19-7-8(6-17)13(18)14(19)15(21)24-2/h4-5,7H,3,18H2,1-2H3. The van der Waals surface area contributed by atoms with E-state index in [2.05, 4.69) is 20.7 Å². The molecule has 0 amide bonds. The molecule has 2 rings (SSSR count). The number of esters is 1. The minimum atomic E-state index is -0.825. The maximum absolute atomic E-state index is 12.1. The first-order valence-corrected chi connectivity index (χ1v) is 7.75. The number of rotatable bonds is 5. The van der Waals surface area contributed by atoms with Gasteiger partial charge in [0.1, 0.15) is 17.5 Å². The largest absolute Gasteiger partial charge is 0.493 e. The van der Waals surface area contributed by atoms with E-state index in [-0.39, 0.29) is 28.3 Å². The lowest BCUT2D eigenvalue weighted by Crippen LogP contribution is -2.12. The molecule has 0 aliphatic carbocycles. The summed E-state index contributed by atoms with van der Waals surface area (Å²) in [5.74, 6) is -0.487. The van der Waals surface area contributed by atoms with E-state index in [1.807, 2.05) is 6.07 Å². The SMILES string of the molecule is CCOc1cc(-n2cc(C#N)c(N)c2C(=O)OC)c([N+](=O)[O-])cc1Br. The highest BCUT2D eigenvalue weighted by Gasteiger charge is 2.27. The second-order valence-electron chi connectivity index (χ2n) is 4.74. The zero-order chi connectivity index (χ0) is 18.7. The van der Waals surface area contributed by atoms with Crippen LogP contribution in [-0.2, 0) is 4.74 Å². The van der Waals surface area contributed by atoms with Gasteiger partial charge in [0.15, 0.2) is 5.69 Å². The molecule has 0 radical (unpaired) electrons. The minimum Gasteiger partial charge on any atom is -0.493 e. The van der Waals surface area contributed by atoms with Gasteiger partial charge in [0.2, 0.25) is 0 Å². The van der Waals surface area contributed by atoms with E-state index in [1.165, 1.54) is 18.3 Å². The molecule has 0 aliphatic rings. The molecule has 9 nitrogen and oxygen atoms in total. The van der Waals surface area contributed by atoms with Crippen molar-refractivity contribution in [2.24, 2.45) is 0 Å². The first kappa shape index (κ1) is 18.3. The van der Waals surface area contributed by atoms with Crippen molar-refractivity contribution in [2.45, 2.75) is 6.92 Å². The Hall–Kier alpha value is -3.06. The molecular weight excluding hydrogens is 396 g/mol. The van der Waals surface area contributed by atoms with E-state index in [0.29, 0.717) is 16.8 Å². The van der Waals surface area contributed by atoms with Crippen LogP contribution in [0, 0.1) is 21.4 Å². The number of halogens is 1. The number of methoxy groups -OCH3 is 1. The number of benzene rings is 1. The van der Waals surface area contributed by atoms with Crippen LogP contribution in [0.2, 0.25) is 0 Å². The normalized spacial score (nSPS) is 10.2. The molecule has 130 valence electrons. The van der Waals surface area contributed by atoms with Crippen LogP contribution in [0.15, 0.2) is 22.8 Å². The van der Waals surface area contributed by atoms with Crippen LogP contribution in [0.1, 0.15) is 23.0 Å². The summed E-state index contributed by atoms with van der Waals surface area (Å²) in [4.78, 5) is 22.9. The molecule has 0 fully saturated rings. The summed E-state index contributed by atoms with van der Waals surface area (Å²) in [5, 5.41) is 20.6. The van der Waals surface area contributed by atoms with Gasteiger partial charge in [0, 0.05) is 18.3 Å². The summed E-state index contributed by atoms with van der Waals surface area (Å²) in [6.07, 6.45) is 1.24. The number of ether oxygens (including phenoxy) is 2. The third kappa shape index (κ3) is 3.27. The maximum Gasteiger partial charge on any atom is 0.357 e. The molecule has 2 aromatic rings. The van der Waals surface area contributed by atoms with E-state index in [9.17, 15) is 14.9 Å². The Morgan fingerprint density at radius 1 is 1.52 bits per heavy atom. The lowest BCUT2D eigenvalue weighted by molar-refractivity contribution is -0.384. The number of anilines is 1. The van der Waals surface area contributed by atoms with Gasteiger partial charge < -0.3 is 19.8 Å². The Morgan fingerprint density at radius 2 is 2.20 bits per heavy atom. The van der Waals surface area contributed by atoms with Crippen molar-refractivity contribution in [1.82, 2.24) is 4.57 Å².